The Balaban J connectivity index is 1.64. The van der Waals surface area contributed by atoms with Gasteiger partial charge in [-0.15, -0.1) is 0 Å². The number of fused-ring (bicyclic) bond motifs is 2. The summed E-state index contributed by atoms with van der Waals surface area (Å²) < 4.78 is 1.55. The Hall–Kier alpha value is -3.51. The van der Waals surface area contributed by atoms with Crippen molar-refractivity contribution in [3.05, 3.63) is 93.4 Å². The molecule has 0 saturated carbocycles. The molecule has 3 heterocycles. The number of benzene rings is 2. The van der Waals surface area contributed by atoms with Crippen molar-refractivity contribution in [2.45, 2.75) is 19.9 Å². The Morgan fingerprint density at radius 2 is 1.71 bits per heavy atom. The van der Waals surface area contributed by atoms with E-state index < -0.39 is 5.24 Å². The molecule has 5 rings (SSSR count). The number of aromatic nitrogens is 3. The van der Waals surface area contributed by atoms with Crippen molar-refractivity contribution >= 4 is 33.8 Å². The van der Waals surface area contributed by atoms with E-state index in [1.54, 1.807) is 34.9 Å². The molecule has 1 aliphatic rings. The van der Waals surface area contributed by atoms with Gasteiger partial charge in [-0.1, -0.05) is 24.3 Å². The molecule has 6 nitrogen and oxygen atoms in total. The van der Waals surface area contributed by atoms with E-state index in [0.29, 0.717) is 22.8 Å². The molecule has 4 aromatic rings. The van der Waals surface area contributed by atoms with Crippen LogP contribution >= 0.6 is 11.6 Å². The van der Waals surface area contributed by atoms with Gasteiger partial charge in [-0.2, -0.15) is 4.98 Å². The van der Waals surface area contributed by atoms with E-state index in [4.69, 9.17) is 21.6 Å². The topological polar surface area (TPSA) is 68.1 Å². The van der Waals surface area contributed by atoms with E-state index in [-0.39, 0.29) is 5.56 Å². The van der Waals surface area contributed by atoms with Crippen molar-refractivity contribution in [2.24, 2.45) is 0 Å². The van der Waals surface area contributed by atoms with Crippen molar-refractivity contribution in [2.75, 3.05) is 11.4 Å². The fourth-order valence-electron chi connectivity index (χ4n) is 4.05. The molecule has 0 N–H and O–H groups in total. The fourth-order valence-corrected chi connectivity index (χ4v) is 4.18. The molecular formula is C24H19ClN4O2. The SMILES string of the molecule is Cc1nc(N2CCc3ccccc3C2)nc2c1ccc(=O)n2-c1ccc(C(=O)Cl)cc1. The number of anilines is 1. The number of pyridine rings is 1. The van der Waals surface area contributed by atoms with Crippen LogP contribution < -0.4 is 10.5 Å². The Morgan fingerprint density at radius 3 is 2.45 bits per heavy atom. The van der Waals surface area contributed by atoms with Crippen LogP contribution in [0.5, 0.6) is 0 Å². The highest BCUT2D eigenvalue weighted by Gasteiger charge is 2.20. The van der Waals surface area contributed by atoms with E-state index in [0.717, 1.165) is 30.6 Å². The Labute approximate surface area is 183 Å². The first-order chi connectivity index (χ1) is 15.0. The van der Waals surface area contributed by atoms with Crippen LogP contribution in [0.4, 0.5) is 5.95 Å². The molecule has 0 radical (unpaired) electrons. The van der Waals surface area contributed by atoms with Gasteiger partial charge in [0.15, 0.2) is 5.65 Å². The van der Waals surface area contributed by atoms with Crippen LogP contribution in [0.3, 0.4) is 0 Å². The minimum Gasteiger partial charge on any atom is -0.336 e. The molecule has 0 spiro atoms. The first kappa shape index (κ1) is 19.5. The Kier molecular flexibility index (Phi) is 4.79. The quantitative estimate of drug-likeness (QED) is 0.459. The van der Waals surface area contributed by atoms with Gasteiger partial charge in [0.25, 0.3) is 10.8 Å². The fraction of sp³-hybridized carbons (Fsp3) is 0.167. The van der Waals surface area contributed by atoms with Crippen LogP contribution in [0, 0.1) is 6.92 Å². The largest absolute Gasteiger partial charge is 0.336 e. The number of carbonyl (C=O) groups excluding carboxylic acids is 1. The third-order valence-corrected chi connectivity index (χ3v) is 5.91. The number of halogens is 1. The summed E-state index contributed by atoms with van der Waals surface area (Å²) in [5.74, 6) is 0.603. The van der Waals surface area contributed by atoms with Crippen LogP contribution in [0.15, 0.2) is 65.5 Å². The molecule has 0 bridgehead atoms. The van der Waals surface area contributed by atoms with Crippen molar-refractivity contribution in [1.29, 1.82) is 0 Å². The first-order valence-electron chi connectivity index (χ1n) is 10.0. The second-order valence-corrected chi connectivity index (χ2v) is 7.96. The summed E-state index contributed by atoms with van der Waals surface area (Å²) in [5.41, 5.74) is 4.75. The third-order valence-electron chi connectivity index (χ3n) is 5.70. The summed E-state index contributed by atoms with van der Waals surface area (Å²) >= 11 is 5.56. The maximum absolute atomic E-state index is 12.8. The van der Waals surface area contributed by atoms with E-state index in [1.165, 1.54) is 17.2 Å². The van der Waals surface area contributed by atoms with Gasteiger partial charge >= 0.3 is 0 Å². The normalized spacial score (nSPS) is 13.3. The number of rotatable bonds is 3. The van der Waals surface area contributed by atoms with Gasteiger partial charge in [-0.25, -0.2) is 4.98 Å². The molecule has 1 aliphatic heterocycles. The zero-order chi connectivity index (χ0) is 21.5. The monoisotopic (exact) mass is 430 g/mol. The minimum atomic E-state index is -0.539. The van der Waals surface area contributed by atoms with Gasteiger partial charge in [0, 0.05) is 30.1 Å². The molecule has 0 saturated heterocycles. The molecule has 7 heteroatoms. The van der Waals surface area contributed by atoms with Crippen LogP contribution in [0.1, 0.15) is 27.2 Å². The second kappa shape index (κ2) is 7.63. The van der Waals surface area contributed by atoms with E-state index in [2.05, 4.69) is 23.1 Å². The summed E-state index contributed by atoms with van der Waals surface area (Å²) in [7, 11) is 0. The number of hydrogen-bond acceptors (Lipinski definition) is 5. The van der Waals surface area contributed by atoms with Crippen LogP contribution in [0.2, 0.25) is 0 Å². The highest BCUT2D eigenvalue weighted by molar-refractivity contribution is 6.67. The van der Waals surface area contributed by atoms with Gasteiger partial charge in [0.1, 0.15) is 0 Å². The highest BCUT2D eigenvalue weighted by atomic mass is 35.5. The van der Waals surface area contributed by atoms with Gasteiger partial charge in [-0.05, 0) is 66.4 Å². The molecule has 2 aromatic carbocycles. The minimum absolute atomic E-state index is 0.203. The van der Waals surface area contributed by atoms with Crippen LogP contribution in [-0.4, -0.2) is 26.3 Å². The van der Waals surface area contributed by atoms with Gasteiger partial charge in [-0.3, -0.25) is 14.2 Å². The Morgan fingerprint density at radius 1 is 0.968 bits per heavy atom. The lowest BCUT2D eigenvalue weighted by Gasteiger charge is -2.29. The molecular weight excluding hydrogens is 412 g/mol. The average Bonchev–Trinajstić information content (AvgIpc) is 2.78. The second-order valence-electron chi connectivity index (χ2n) is 7.61. The zero-order valence-corrected chi connectivity index (χ0v) is 17.6. The molecule has 0 atom stereocenters. The molecule has 0 fully saturated rings. The molecule has 2 aromatic heterocycles. The number of nitrogens with zero attached hydrogens (tertiary/aromatic N) is 4. The van der Waals surface area contributed by atoms with Crippen LogP contribution in [-0.2, 0) is 13.0 Å². The predicted octanol–water partition coefficient (Wildman–Crippen LogP) is 4.03. The summed E-state index contributed by atoms with van der Waals surface area (Å²) in [6.07, 6.45) is 0.923. The van der Waals surface area contributed by atoms with Crippen molar-refractivity contribution < 1.29 is 4.79 Å². The Bertz CT molecular complexity index is 1380. The van der Waals surface area contributed by atoms with Crippen molar-refractivity contribution in [3.63, 3.8) is 0 Å². The lowest BCUT2D eigenvalue weighted by molar-refractivity contribution is 0.108. The summed E-state index contributed by atoms with van der Waals surface area (Å²) in [4.78, 5) is 35.9. The summed E-state index contributed by atoms with van der Waals surface area (Å²) in [6, 6.07) is 18.3. The number of hydrogen-bond donors (Lipinski definition) is 0. The van der Waals surface area contributed by atoms with E-state index >= 15 is 0 Å². The van der Waals surface area contributed by atoms with Gasteiger partial charge in [0.2, 0.25) is 5.95 Å². The zero-order valence-electron chi connectivity index (χ0n) is 16.9. The molecule has 0 amide bonds. The van der Waals surface area contributed by atoms with Crippen molar-refractivity contribution in [1.82, 2.24) is 14.5 Å². The maximum atomic E-state index is 12.8. The molecule has 31 heavy (non-hydrogen) atoms. The van der Waals surface area contributed by atoms with E-state index in [1.807, 2.05) is 13.0 Å². The summed E-state index contributed by atoms with van der Waals surface area (Å²) in [5, 5.41) is 0.265. The molecule has 0 aliphatic carbocycles. The molecule has 0 unspecified atom stereocenters. The van der Waals surface area contributed by atoms with Crippen LogP contribution in [0.25, 0.3) is 16.7 Å². The third kappa shape index (κ3) is 3.49. The maximum Gasteiger partial charge on any atom is 0.256 e. The van der Waals surface area contributed by atoms with Gasteiger partial charge < -0.3 is 4.90 Å². The lowest BCUT2D eigenvalue weighted by Crippen LogP contribution is -2.32. The standard InChI is InChI=1S/C24H19ClN4O2/c1-15-20-10-11-21(30)29(19-8-6-17(7-9-19)22(25)31)23(20)27-24(26-15)28-13-12-16-4-2-3-5-18(16)14-28/h2-11H,12-14H2,1H3. The van der Waals surface area contributed by atoms with Gasteiger partial charge in [0.05, 0.1) is 11.4 Å². The van der Waals surface area contributed by atoms with Crippen molar-refractivity contribution in [3.8, 4) is 5.69 Å². The number of aryl methyl sites for hydroxylation is 1. The number of carbonyl (C=O) groups is 1. The lowest BCUT2D eigenvalue weighted by atomic mass is 10.0. The first-order valence-corrected chi connectivity index (χ1v) is 10.4. The predicted molar refractivity (Wildman–Crippen MR) is 121 cm³/mol. The highest BCUT2D eigenvalue weighted by Crippen LogP contribution is 2.25. The average molecular weight is 431 g/mol. The summed E-state index contributed by atoms with van der Waals surface area (Å²) in [6.45, 7) is 3.46. The van der Waals surface area contributed by atoms with E-state index in [9.17, 15) is 9.59 Å². The molecule has 154 valence electrons. The smallest absolute Gasteiger partial charge is 0.256 e.